The van der Waals surface area contributed by atoms with Crippen LogP contribution in [0.3, 0.4) is 0 Å². The molecule has 5 nitrogen and oxygen atoms in total. The number of ether oxygens (including phenoxy) is 1. The Morgan fingerprint density at radius 3 is 2.56 bits per heavy atom. The van der Waals surface area contributed by atoms with Crippen molar-refractivity contribution < 1.29 is 22.7 Å². The predicted octanol–water partition coefficient (Wildman–Crippen LogP) is 3.51. The van der Waals surface area contributed by atoms with Crippen molar-refractivity contribution in [3.63, 3.8) is 0 Å². The first-order valence-corrected chi connectivity index (χ1v) is 8.77. The molecule has 146 valence electrons. The van der Waals surface area contributed by atoms with Crippen LogP contribution in [0.1, 0.15) is 53.6 Å². The summed E-state index contributed by atoms with van der Waals surface area (Å²) in [6, 6.07) is 5.00. The highest BCUT2D eigenvalue weighted by Gasteiger charge is 2.36. The maximum atomic E-state index is 12.8. The van der Waals surface area contributed by atoms with E-state index in [1.807, 2.05) is 13.8 Å². The van der Waals surface area contributed by atoms with E-state index < -0.39 is 17.7 Å². The normalized spacial score (nSPS) is 16.1. The molecule has 27 heavy (non-hydrogen) atoms. The Bertz CT molecular complexity index is 839. The van der Waals surface area contributed by atoms with Crippen molar-refractivity contribution in [2.75, 3.05) is 13.2 Å². The van der Waals surface area contributed by atoms with E-state index in [-0.39, 0.29) is 24.3 Å². The van der Waals surface area contributed by atoms with Gasteiger partial charge < -0.3 is 10.1 Å². The van der Waals surface area contributed by atoms with E-state index in [1.54, 1.807) is 11.6 Å². The first-order valence-electron chi connectivity index (χ1n) is 8.77. The van der Waals surface area contributed by atoms with Gasteiger partial charge in [-0.3, -0.25) is 4.68 Å². The molecule has 8 heteroatoms. The van der Waals surface area contributed by atoms with Gasteiger partial charge in [0.25, 0.3) is 0 Å². The fourth-order valence-electron chi connectivity index (χ4n) is 3.46. The summed E-state index contributed by atoms with van der Waals surface area (Å²) in [5, 5.41) is 7.74. The van der Waals surface area contributed by atoms with Crippen LogP contribution in [0, 0.1) is 0 Å². The summed E-state index contributed by atoms with van der Waals surface area (Å²) in [7, 11) is 0. The summed E-state index contributed by atoms with van der Waals surface area (Å²) < 4.78 is 45.1. The van der Waals surface area contributed by atoms with Gasteiger partial charge in [0.05, 0.1) is 24.4 Å². The van der Waals surface area contributed by atoms with Crippen LogP contribution in [-0.4, -0.2) is 28.9 Å². The van der Waals surface area contributed by atoms with Crippen LogP contribution in [0.15, 0.2) is 24.3 Å². The number of esters is 1. The van der Waals surface area contributed by atoms with E-state index >= 15 is 0 Å². The lowest BCUT2D eigenvalue weighted by Crippen LogP contribution is -2.40. The van der Waals surface area contributed by atoms with Gasteiger partial charge in [0.2, 0.25) is 0 Å². The highest BCUT2D eigenvalue weighted by molar-refractivity contribution is 5.89. The predicted molar refractivity (Wildman–Crippen MR) is 93.5 cm³/mol. The number of nitrogens with zero attached hydrogens (tertiary/aromatic N) is 2. The van der Waals surface area contributed by atoms with Gasteiger partial charge in [-0.1, -0.05) is 26.0 Å². The molecule has 0 bridgehead atoms. The molecule has 0 atom stereocenters. The molecular weight excluding hydrogens is 359 g/mol. The molecule has 2 heterocycles. The maximum absolute atomic E-state index is 12.8. The van der Waals surface area contributed by atoms with E-state index in [9.17, 15) is 18.0 Å². The summed E-state index contributed by atoms with van der Waals surface area (Å²) in [6.07, 6.45) is -4.37. The Labute approximate surface area is 155 Å². The summed E-state index contributed by atoms with van der Waals surface area (Å²) in [5.74, 6) is -0.487. The van der Waals surface area contributed by atoms with Gasteiger partial charge in [-0.15, -0.1) is 0 Å². The van der Waals surface area contributed by atoms with E-state index in [2.05, 4.69) is 10.4 Å². The minimum Gasteiger partial charge on any atom is -0.461 e. The van der Waals surface area contributed by atoms with E-state index in [0.29, 0.717) is 18.7 Å². The van der Waals surface area contributed by atoms with Crippen LogP contribution in [0.2, 0.25) is 0 Å². The lowest BCUT2D eigenvalue weighted by Gasteiger charge is -2.32. The van der Waals surface area contributed by atoms with Gasteiger partial charge in [0, 0.05) is 24.1 Å². The second kappa shape index (κ2) is 6.99. The smallest absolute Gasteiger partial charge is 0.416 e. The third-order valence-electron chi connectivity index (χ3n) is 4.64. The number of alkyl halides is 3. The molecule has 3 rings (SSSR count). The number of aromatic nitrogens is 2. The summed E-state index contributed by atoms with van der Waals surface area (Å²) in [4.78, 5) is 12.3. The second-order valence-electron chi connectivity index (χ2n) is 7.24. The largest absolute Gasteiger partial charge is 0.461 e. The van der Waals surface area contributed by atoms with Crippen molar-refractivity contribution in [2.24, 2.45) is 0 Å². The molecule has 0 radical (unpaired) electrons. The molecule has 0 unspecified atom stereocenters. The quantitative estimate of drug-likeness (QED) is 0.824. The number of benzene rings is 1. The summed E-state index contributed by atoms with van der Waals surface area (Å²) >= 11 is 0. The lowest BCUT2D eigenvalue weighted by atomic mass is 9.83. The van der Waals surface area contributed by atoms with Crippen molar-refractivity contribution in [2.45, 2.75) is 45.5 Å². The standard InChI is InChI=1S/C19H22F3N3O2/c1-4-27-17(26)15-14-9-23-11-18(2,3)16(14)25(24-15)10-12-5-7-13(8-6-12)19(20,21)22/h5-8,23H,4,9-11H2,1-3H3. The fraction of sp³-hybridized carbons (Fsp3) is 0.474. The van der Waals surface area contributed by atoms with Crippen molar-refractivity contribution in [3.05, 3.63) is 52.3 Å². The van der Waals surface area contributed by atoms with Crippen LogP contribution in [0.25, 0.3) is 0 Å². The van der Waals surface area contributed by atoms with Gasteiger partial charge in [-0.2, -0.15) is 18.3 Å². The van der Waals surface area contributed by atoms with Crippen LogP contribution in [0.5, 0.6) is 0 Å². The molecule has 0 saturated heterocycles. The molecule has 0 fully saturated rings. The number of halogens is 3. The number of rotatable bonds is 4. The molecule has 2 aromatic rings. The molecule has 0 amide bonds. The van der Waals surface area contributed by atoms with Crippen molar-refractivity contribution >= 4 is 5.97 Å². The average Bonchev–Trinajstić information content (AvgIpc) is 2.94. The number of hydrogen-bond acceptors (Lipinski definition) is 4. The van der Waals surface area contributed by atoms with Crippen LogP contribution < -0.4 is 5.32 Å². The van der Waals surface area contributed by atoms with Crippen molar-refractivity contribution in [1.29, 1.82) is 0 Å². The first kappa shape index (κ1) is 19.4. The summed E-state index contributed by atoms with van der Waals surface area (Å²) in [6.45, 7) is 7.54. The van der Waals surface area contributed by atoms with E-state index in [1.165, 1.54) is 12.1 Å². The minimum atomic E-state index is -4.37. The fourth-order valence-corrected chi connectivity index (χ4v) is 3.46. The molecule has 0 spiro atoms. The Hall–Kier alpha value is -2.35. The third-order valence-corrected chi connectivity index (χ3v) is 4.64. The molecule has 1 aromatic carbocycles. The Morgan fingerprint density at radius 1 is 1.30 bits per heavy atom. The van der Waals surface area contributed by atoms with Crippen LogP contribution >= 0.6 is 0 Å². The average molecular weight is 381 g/mol. The van der Waals surface area contributed by atoms with Crippen LogP contribution in [0.4, 0.5) is 13.2 Å². The van der Waals surface area contributed by atoms with E-state index in [0.717, 1.165) is 23.4 Å². The molecule has 0 saturated carbocycles. The zero-order valence-corrected chi connectivity index (χ0v) is 15.5. The Morgan fingerprint density at radius 2 is 1.96 bits per heavy atom. The number of carbonyl (C=O) groups excluding carboxylic acids is 1. The van der Waals surface area contributed by atoms with Gasteiger partial charge >= 0.3 is 12.1 Å². The van der Waals surface area contributed by atoms with Crippen molar-refractivity contribution in [1.82, 2.24) is 15.1 Å². The van der Waals surface area contributed by atoms with Gasteiger partial charge in [0.1, 0.15) is 0 Å². The zero-order valence-electron chi connectivity index (χ0n) is 15.5. The maximum Gasteiger partial charge on any atom is 0.416 e. The topological polar surface area (TPSA) is 56.1 Å². The third kappa shape index (κ3) is 3.85. The van der Waals surface area contributed by atoms with E-state index in [4.69, 9.17) is 4.74 Å². The Kier molecular flexibility index (Phi) is 5.03. The van der Waals surface area contributed by atoms with Crippen molar-refractivity contribution in [3.8, 4) is 0 Å². The minimum absolute atomic E-state index is 0.246. The molecule has 1 aliphatic rings. The number of nitrogens with one attached hydrogen (secondary N) is 1. The van der Waals surface area contributed by atoms with Gasteiger partial charge in [-0.05, 0) is 24.6 Å². The monoisotopic (exact) mass is 381 g/mol. The molecule has 1 N–H and O–H groups in total. The SMILES string of the molecule is CCOC(=O)c1nn(Cc2ccc(C(F)(F)F)cc2)c2c1CNCC2(C)C. The molecular formula is C19H22F3N3O2. The molecule has 0 aliphatic carbocycles. The second-order valence-corrected chi connectivity index (χ2v) is 7.24. The molecule has 1 aliphatic heterocycles. The number of hydrogen-bond donors (Lipinski definition) is 1. The van der Waals surface area contributed by atoms with Gasteiger partial charge in [-0.25, -0.2) is 4.79 Å². The van der Waals surface area contributed by atoms with Crippen LogP contribution in [-0.2, 0) is 29.4 Å². The number of fused-ring (bicyclic) bond motifs is 1. The lowest BCUT2D eigenvalue weighted by molar-refractivity contribution is -0.137. The molecule has 1 aromatic heterocycles. The van der Waals surface area contributed by atoms with Gasteiger partial charge in [0.15, 0.2) is 5.69 Å². The zero-order chi connectivity index (χ0) is 19.8. The highest BCUT2D eigenvalue weighted by Crippen LogP contribution is 2.33. The summed E-state index contributed by atoms with van der Waals surface area (Å²) in [5.41, 5.74) is 1.67. The highest BCUT2D eigenvalue weighted by atomic mass is 19.4. The first-order chi connectivity index (χ1) is 12.6. The number of carbonyl (C=O) groups is 1. The Balaban J connectivity index is 1.99.